The molecule has 0 aliphatic carbocycles. The monoisotopic (exact) mass is 624 g/mol. The topological polar surface area (TPSA) is 238 Å². The fraction of sp³-hybridized carbons (Fsp3) is 0.367. The number of nitrogens with zero attached hydrogens (tertiary/aromatic N) is 2. The minimum absolute atomic E-state index is 0.0109. The lowest BCUT2D eigenvalue weighted by Gasteiger charge is -2.40. The number of aliphatic hydroxyl groups excluding tert-OH is 4. The molecule has 3 aromatic rings. The molecule has 0 radical (unpaired) electrons. The molecule has 3 amide bonds. The van der Waals surface area contributed by atoms with Crippen LogP contribution >= 0.6 is 0 Å². The molecule has 2 heterocycles. The summed E-state index contributed by atoms with van der Waals surface area (Å²) < 4.78 is 6.15. The quantitative estimate of drug-likeness (QED) is 0.102. The number of rotatable bonds is 12. The van der Waals surface area contributed by atoms with E-state index in [0.717, 1.165) is 4.57 Å². The highest BCUT2D eigenvalue weighted by atomic mass is 16.6. The summed E-state index contributed by atoms with van der Waals surface area (Å²) in [5.41, 5.74) is 6.13. The van der Waals surface area contributed by atoms with Crippen molar-refractivity contribution in [1.82, 2.24) is 25.5 Å². The molecular weight excluding hydrogens is 588 g/mol. The van der Waals surface area contributed by atoms with Crippen molar-refractivity contribution in [3.63, 3.8) is 0 Å². The highest BCUT2D eigenvalue weighted by molar-refractivity contribution is 5.92. The second-order valence-electron chi connectivity index (χ2n) is 10.6. The van der Waals surface area contributed by atoms with Gasteiger partial charge in [0.15, 0.2) is 6.29 Å². The van der Waals surface area contributed by atoms with Crippen molar-refractivity contribution in [3.05, 3.63) is 94.5 Å². The molecule has 0 spiro atoms. The Morgan fingerprint density at radius 3 is 2.00 bits per heavy atom. The average Bonchev–Trinajstić information content (AvgIpc) is 3.02. The van der Waals surface area contributed by atoms with Crippen molar-refractivity contribution >= 4 is 23.5 Å². The predicted molar refractivity (Wildman–Crippen MR) is 159 cm³/mol. The van der Waals surface area contributed by atoms with Crippen molar-refractivity contribution in [2.75, 3.05) is 12.3 Å². The van der Waals surface area contributed by atoms with Crippen LogP contribution in [-0.4, -0.2) is 97.0 Å². The van der Waals surface area contributed by atoms with Crippen LogP contribution in [0.4, 0.5) is 5.82 Å². The zero-order valence-corrected chi connectivity index (χ0v) is 24.1. The molecule has 1 aromatic heterocycles. The van der Waals surface area contributed by atoms with E-state index >= 15 is 0 Å². The Balaban J connectivity index is 1.55. The van der Waals surface area contributed by atoms with Crippen LogP contribution in [0.5, 0.6) is 0 Å². The fourth-order valence-electron chi connectivity index (χ4n) is 4.87. The molecule has 2 aromatic carbocycles. The average molecular weight is 625 g/mol. The molecule has 9 N–H and O–H groups in total. The predicted octanol–water partition coefficient (Wildman–Crippen LogP) is -2.80. The van der Waals surface area contributed by atoms with Crippen molar-refractivity contribution in [2.24, 2.45) is 0 Å². The van der Waals surface area contributed by atoms with E-state index in [4.69, 9.17) is 10.5 Å². The maximum Gasteiger partial charge on any atom is 0.349 e. The summed E-state index contributed by atoms with van der Waals surface area (Å²) in [6, 6.07) is 14.9. The number of ether oxygens (including phenoxy) is 1. The number of carbonyl (C=O) groups excluding carboxylic acids is 3. The van der Waals surface area contributed by atoms with E-state index in [9.17, 15) is 39.6 Å². The molecule has 7 atom stereocenters. The number of amides is 3. The highest BCUT2D eigenvalue weighted by Gasteiger charge is 2.45. The molecule has 15 heteroatoms. The van der Waals surface area contributed by atoms with Crippen LogP contribution in [0.25, 0.3) is 0 Å². The van der Waals surface area contributed by atoms with Gasteiger partial charge in [-0.15, -0.1) is 0 Å². The summed E-state index contributed by atoms with van der Waals surface area (Å²) in [5.74, 6) is -2.24. The first-order chi connectivity index (χ1) is 21.5. The molecule has 1 saturated heterocycles. The van der Waals surface area contributed by atoms with Crippen LogP contribution in [0, 0.1) is 0 Å². The number of hydrogen-bond donors (Lipinski definition) is 8. The zero-order valence-electron chi connectivity index (χ0n) is 24.1. The Morgan fingerprint density at radius 1 is 0.867 bits per heavy atom. The normalized spacial score (nSPS) is 22.5. The molecule has 4 rings (SSSR count). The summed E-state index contributed by atoms with van der Waals surface area (Å²) in [7, 11) is 0. The molecule has 1 fully saturated rings. The van der Waals surface area contributed by atoms with Gasteiger partial charge in [-0.2, -0.15) is 4.98 Å². The van der Waals surface area contributed by atoms with Gasteiger partial charge >= 0.3 is 5.69 Å². The fourth-order valence-corrected chi connectivity index (χ4v) is 4.87. The summed E-state index contributed by atoms with van der Waals surface area (Å²) >= 11 is 0. The summed E-state index contributed by atoms with van der Waals surface area (Å²) in [6.45, 7) is -1.13. The first-order valence-corrected chi connectivity index (χ1v) is 14.2. The van der Waals surface area contributed by atoms with E-state index in [1.165, 1.54) is 12.3 Å². The van der Waals surface area contributed by atoms with Gasteiger partial charge in [0.05, 0.1) is 6.61 Å². The van der Waals surface area contributed by atoms with E-state index in [2.05, 4.69) is 20.9 Å². The molecule has 0 bridgehead atoms. The highest BCUT2D eigenvalue weighted by Crippen LogP contribution is 2.20. The van der Waals surface area contributed by atoms with Crippen LogP contribution in [0.3, 0.4) is 0 Å². The number of nitrogens with one attached hydrogen (secondary N) is 3. The Hall–Kier alpha value is -4.67. The van der Waals surface area contributed by atoms with Gasteiger partial charge in [0.2, 0.25) is 17.7 Å². The van der Waals surface area contributed by atoms with Gasteiger partial charge in [0.25, 0.3) is 0 Å². The van der Waals surface area contributed by atoms with Crippen LogP contribution < -0.4 is 27.4 Å². The van der Waals surface area contributed by atoms with E-state index in [1.807, 2.05) is 0 Å². The molecule has 15 nitrogen and oxygen atoms in total. The number of nitrogen functional groups attached to an aromatic ring is 1. The van der Waals surface area contributed by atoms with Gasteiger partial charge in [0, 0.05) is 19.0 Å². The Labute approximate surface area is 257 Å². The first-order valence-electron chi connectivity index (χ1n) is 14.2. The largest absolute Gasteiger partial charge is 0.394 e. The van der Waals surface area contributed by atoms with Gasteiger partial charge < -0.3 is 46.8 Å². The summed E-state index contributed by atoms with van der Waals surface area (Å²) in [5, 5.41) is 48.2. The lowest BCUT2D eigenvalue weighted by atomic mass is 9.96. The van der Waals surface area contributed by atoms with Crippen LogP contribution in [0.15, 0.2) is 77.7 Å². The summed E-state index contributed by atoms with van der Waals surface area (Å²) in [4.78, 5) is 56.0. The molecule has 3 unspecified atom stereocenters. The Morgan fingerprint density at radius 2 is 1.44 bits per heavy atom. The second-order valence-corrected chi connectivity index (χ2v) is 10.6. The molecule has 1 aliphatic heterocycles. The number of benzene rings is 2. The first kappa shape index (κ1) is 33.2. The number of aliphatic hydroxyl groups is 4. The SMILES string of the molecule is Nc1ccn(CC(=O)NC(Cc2ccccc2)C(=O)NC(Cc2ccccc2)C(=O)NC2[C@H](O)O[C@H](CO)[C@@H](O)[C@@H]2O)c(=O)n1. The van der Waals surface area contributed by atoms with Crippen molar-refractivity contribution < 1.29 is 39.5 Å². The van der Waals surface area contributed by atoms with Gasteiger partial charge in [0.1, 0.15) is 48.8 Å². The minimum Gasteiger partial charge on any atom is -0.394 e. The van der Waals surface area contributed by atoms with Gasteiger partial charge in [-0.3, -0.25) is 19.0 Å². The third-order valence-electron chi connectivity index (χ3n) is 7.27. The van der Waals surface area contributed by atoms with Gasteiger partial charge in [-0.1, -0.05) is 60.7 Å². The van der Waals surface area contributed by atoms with Crippen LogP contribution in [0.2, 0.25) is 0 Å². The van der Waals surface area contributed by atoms with Crippen molar-refractivity contribution in [1.29, 1.82) is 0 Å². The maximum atomic E-state index is 13.7. The van der Waals surface area contributed by atoms with E-state index in [0.29, 0.717) is 11.1 Å². The maximum absolute atomic E-state index is 13.7. The second kappa shape index (κ2) is 15.4. The lowest BCUT2D eigenvalue weighted by Crippen LogP contribution is -2.66. The lowest BCUT2D eigenvalue weighted by molar-refractivity contribution is -0.254. The van der Waals surface area contributed by atoms with E-state index < -0.39 is 79.3 Å². The van der Waals surface area contributed by atoms with Gasteiger partial charge in [-0.25, -0.2) is 4.79 Å². The molecule has 45 heavy (non-hydrogen) atoms. The third kappa shape index (κ3) is 8.93. The molecular formula is C30H36N6O9. The molecule has 240 valence electrons. The van der Waals surface area contributed by atoms with Gasteiger partial charge in [-0.05, 0) is 17.2 Å². The zero-order chi connectivity index (χ0) is 32.5. The molecule has 0 saturated carbocycles. The van der Waals surface area contributed by atoms with E-state index in [-0.39, 0.29) is 18.7 Å². The smallest absolute Gasteiger partial charge is 0.349 e. The minimum atomic E-state index is -1.77. The number of anilines is 1. The Bertz CT molecular complexity index is 1510. The number of carbonyl (C=O) groups is 3. The summed E-state index contributed by atoms with van der Waals surface area (Å²) in [6.07, 6.45) is -5.03. The standard InChI is InChI=1S/C30H36N6O9/c31-22-11-12-36(30(44)34-22)15-23(38)32-19(13-17-7-3-1-4-8-17)27(41)33-20(14-18-9-5-2-6-10-18)28(42)35-24-26(40)25(39)21(16-37)45-29(24)43/h1-12,19-21,24-26,29,37,39-40,43H,13-16H2,(H,32,38)(H,33,41)(H,35,42)(H2,31,34,44)/t19?,20?,21-,24?,25-,26-,29-/m1/s1. The van der Waals surface area contributed by atoms with Crippen LogP contribution in [-0.2, 0) is 38.5 Å². The number of nitrogens with two attached hydrogens (primary N) is 1. The van der Waals surface area contributed by atoms with Crippen molar-refractivity contribution in [3.8, 4) is 0 Å². The molecule has 1 aliphatic rings. The van der Waals surface area contributed by atoms with E-state index in [1.54, 1.807) is 60.7 Å². The number of aromatic nitrogens is 2. The number of hydrogen-bond acceptors (Lipinski definition) is 11. The van der Waals surface area contributed by atoms with Crippen molar-refractivity contribution in [2.45, 2.75) is 62.1 Å². The Kier molecular flexibility index (Phi) is 11.3. The third-order valence-corrected chi connectivity index (χ3v) is 7.27. The van der Waals surface area contributed by atoms with Crippen LogP contribution in [0.1, 0.15) is 11.1 Å².